The Hall–Kier alpha value is -1.13. The molecule has 0 radical (unpaired) electrons. The van der Waals surface area contributed by atoms with Crippen LogP contribution in [-0.2, 0) is 6.42 Å². The summed E-state index contributed by atoms with van der Waals surface area (Å²) in [5, 5.41) is 3.62. The van der Waals surface area contributed by atoms with Crippen molar-refractivity contribution in [3.63, 3.8) is 0 Å². The van der Waals surface area contributed by atoms with Gasteiger partial charge in [-0.05, 0) is 59.5 Å². The second kappa shape index (κ2) is 5.70. The highest BCUT2D eigenvalue weighted by molar-refractivity contribution is 9.10. The van der Waals surface area contributed by atoms with Gasteiger partial charge in [-0.25, -0.2) is 4.39 Å². The lowest BCUT2D eigenvalue weighted by atomic mass is 9.92. The highest BCUT2D eigenvalue weighted by atomic mass is 79.9. The van der Waals surface area contributed by atoms with Crippen LogP contribution in [-0.4, -0.2) is 0 Å². The second-order valence-electron chi connectivity index (χ2n) is 5.31. The van der Waals surface area contributed by atoms with E-state index in [-0.39, 0.29) is 11.9 Å². The average Bonchev–Trinajstić information content (AvgIpc) is 2.91. The van der Waals surface area contributed by atoms with Gasteiger partial charge in [0.25, 0.3) is 0 Å². The minimum absolute atomic E-state index is 0.165. The number of fused-ring (bicyclic) bond motifs is 1. The molecule has 2 atom stereocenters. The molecule has 0 aliphatic heterocycles. The summed E-state index contributed by atoms with van der Waals surface area (Å²) in [4.78, 5) is 0. The molecular formula is C16H17BrFNO. The van der Waals surface area contributed by atoms with Crippen molar-refractivity contribution < 1.29 is 8.81 Å². The fourth-order valence-corrected chi connectivity index (χ4v) is 3.24. The normalized spacial score (nSPS) is 19.6. The molecule has 1 aliphatic carbocycles. The molecule has 0 saturated heterocycles. The molecule has 0 bridgehead atoms. The Morgan fingerprint density at radius 2 is 2.25 bits per heavy atom. The summed E-state index contributed by atoms with van der Waals surface area (Å²) in [5.74, 6) is 0.872. The molecule has 1 aromatic heterocycles. The fraction of sp³-hybridized carbons (Fsp3) is 0.375. The van der Waals surface area contributed by atoms with Crippen molar-refractivity contribution in [3.8, 4) is 0 Å². The molecule has 3 rings (SSSR count). The average molecular weight is 338 g/mol. The molecule has 106 valence electrons. The maximum absolute atomic E-state index is 13.3. The topological polar surface area (TPSA) is 25.2 Å². The summed E-state index contributed by atoms with van der Waals surface area (Å²) < 4.78 is 19.3. The van der Waals surface area contributed by atoms with Gasteiger partial charge in [-0.1, -0.05) is 6.07 Å². The van der Waals surface area contributed by atoms with E-state index in [1.54, 1.807) is 6.26 Å². The third kappa shape index (κ3) is 2.67. The minimum Gasteiger partial charge on any atom is -0.469 e. The molecule has 1 aromatic carbocycles. The van der Waals surface area contributed by atoms with Crippen LogP contribution in [0.25, 0.3) is 0 Å². The lowest BCUT2D eigenvalue weighted by Crippen LogP contribution is -2.27. The van der Waals surface area contributed by atoms with E-state index in [4.69, 9.17) is 4.42 Å². The van der Waals surface area contributed by atoms with Gasteiger partial charge in [-0.3, -0.25) is 0 Å². The summed E-state index contributed by atoms with van der Waals surface area (Å²) in [7, 11) is 0. The number of hydrogen-bond donors (Lipinski definition) is 1. The first-order valence-electron chi connectivity index (χ1n) is 6.92. The van der Waals surface area contributed by atoms with E-state index < -0.39 is 0 Å². The molecular weight excluding hydrogens is 321 g/mol. The maximum Gasteiger partial charge on any atom is 0.137 e. The number of hydrogen-bond acceptors (Lipinski definition) is 2. The second-order valence-corrected chi connectivity index (χ2v) is 6.16. The van der Waals surface area contributed by atoms with Crippen LogP contribution in [0.2, 0.25) is 0 Å². The van der Waals surface area contributed by atoms with Gasteiger partial charge in [-0.2, -0.15) is 0 Å². The summed E-state index contributed by atoms with van der Waals surface area (Å²) in [6, 6.07) is 7.71. The smallest absolute Gasteiger partial charge is 0.137 e. The molecule has 1 heterocycles. The van der Waals surface area contributed by atoms with E-state index in [2.05, 4.69) is 34.2 Å². The molecule has 0 fully saturated rings. The standard InChI is InChI=1S/C16H17BrFNO/c1-10(11-5-6-14(18)13(17)9-11)19-15-3-2-4-16-12(15)7-8-20-16/h5-10,15,19H,2-4H2,1H3. The zero-order valence-corrected chi connectivity index (χ0v) is 12.9. The first-order valence-corrected chi connectivity index (χ1v) is 7.71. The zero-order valence-electron chi connectivity index (χ0n) is 11.3. The number of benzene rings is 1. The van der Waals surface area contributed by atoms with Crippen molar-refractivity contribution in [1.82, 2.24) is 5.32 Å². The Labute approximate surface area is 126 Å². The Morgan fingerprint density at radius 1 is 1.40 bits per heavy atom. The van der Waals surface area contributed by atoms with Crippen molar-refractivity contribution in [2.24, 2.45) is 0 Å². The van der Waals surface area contributed by atoms with Gasteiger partial charge in [0.2, 0.25) is 0 Å². The summed E-state index contributed by atoms with van der Waals surface area (Å²) in [5.41, 5.74) is 2.35. The molecule has 0 amide bonds. The number of halogens is 2. The molecule has 0 spiro atoms. The summed E-state index contributed by atoms with van der Waals surface area (Å²) in [6.45, 7) is 2.11. The van der Waals surface area contributed by atoms with Crippen LogP contribution in [0.3, 0.4) is 0 Å². The third-order valence-corrected chi connectivity index (χ3v) is 4.55. The summed E-state index contributed by atoms with van der Waals surface area (Å²) in [6.07, 6.45) is 5.04. The van der Waals surface area contributed by atoms with E-state index in [0.29, 0.717) is 10.5 Å². The van der Waals surface area contributed by atoms with E-state index in [9.17, 15) is 4.39 Å². The van der Waals surface area contributed by atoms with Crippen LogP contribution in [0.1, 0.15) is 48.7 Å². The Morgan fingerprint density at radius 3 is 3.05 bits per heavy atom. The van der Waals surface area contributed by atoms with Crippen molar-refractivity contribution in [2.75, 3.05) is 0 Å². The molecule has 20 heavy (non-hydrogen) atoms. The van der Waals surface area contributed by atoms with Gasteiger partial charge in [-0.15, -0.1) is 0 Å². The zero-order chi connectivity index (χ0) is 14.1. The van der Waals surface area contributed by atoms with E-state index in [0.717, 1.165) is 30.6 Å². The van der Waals surface area contributed by atoms with Crippen LogP contribution in [0, 0.1) is 5.82 Å². The molecule has 4 heteroatoms. The SMILES string of the molecule is CC(NC1CCCc2occc21)c1ccc(F)c(Br)c1. The third-order valence-electron chi connectivity index (χ3n) is 3.95. The van der Waals surface area contributed by atoms with Crippen molar-refractivity contribution in [3.05, 3.63) is 57.7 Å². The summed E-state index contributed by atoms with van der Waals surface area (Å²) >= 11 is 3.24. The van der Waals surface area contributed by atoms with E-state index in [1.807, 2.05) is 12.1 Å². The van der Waals surface area contributed by atoms with E-state index >= 15 is 0 Å². The lowest BCUT2D eigenvalue weighted by Gasteiger charge is -2.26. The first kappa shape index (κ1) is 13.8. The van der Waals surface area contributed by atoms with Crippen molar-refractivity contribution in [1.29, 1.82) is 0 Å². The first-order chi connectivity index (χ1) is 9.65. The van der Waals surface area contributed by atoms with Crippen LogP contribution in [0.5, 0.6) is 0 Å². The largest absolute Gasteiger partial charge is 0.469 e. The predicted molar refractivity (Wildman–Crippen MR) is 80.0 cm³/mol. The number of furan rings is 1. The highest BCUT2D eigenvalue weighted by Crippen LogP contribution is 2.32. The van der Waals surface area contributed by atoms with Crippen LogP contribution >= 0.6 is 15.9 Å². The quantitative estimate of drug-likeness (QED) is 0.860. The predicted octanol–water partition coefficient (Wildman–Crippen LogP) is 4.91. The van der Waals surface area contributed by atoms with Gasteiger partial charge in [0, 0.05) is 24.1 Å². The molecule has 2 unspecified atom stereocenters. The number of rotatable bonds is 3. The molecule has 2 nitrogen and oxygen atoms in total. The number of nitrogens with one attached hydrogen (secondary N) is 1. The van der Waals surface area contributed by atoms with Crippen LogP contribution in [0.15, 0.2) is 39.4 Å². The van der Waals surface area contributed by atoms with Gasteiger partial charge < -0.3 is 9.73 Å². The molecule has 0 saturated carbocycles. The van der Waals surface area contributed by atoms with Crippen LogP contribution in [0.4, 0.5) is 4.39 Å². The Kier molecular flexibility index (Phi) is 3.94. The minimum atomic E-state index is -0.226. The van der Waals surface area contributed by atoms with Gasteiger partial charge in [0.1, 0.15) is 11.6 Å². The lowest BCUT2D eigenvalue weighted by molar-refractivity contribution is 0.385. The van der Waals surface area contributed by atoms with Crippen LogP contribution < -0.4 is 5.32 Å². The van der Waals surface area contributed by atoms with Crippen molar-refractivity contribution >= 4 is 15.9 Å². The Balaban J connectivity index is 1.77. The molecule has 1 N–H and O–H groups in total. The Bertz CT molecular complexity index is 610. The number of aryl methyl sites for hydroxylation is 1. The maximum atomic E-state index is 13.3. The van der Waals surface area contributed by atoms with Gasteiger partial charge >= 0.3 is 0 Å². The van der Waals surface area contributed by atoms with Gasteiger partial charge in [0.15, 0.2) is 0 Å². The van der Waals surface area contributed by atoms with Gasteiger partial charge in [0.05, 0.1) is 10.7 Å². The molecule has 2 aromatic rings. The molecule has 1 aliphatic rings. The van der Waals surface area contributed by atoms with E-state index in [1.165, 1.54) is 11.6 Å². The fourth-order valence-electron chi connectivity index (χ4n) is 2.84. The monoisotopic (exact) mass is 337 g/mol. The highest BCUT2D eigenvalue weighted by Gasteiger charge is 2.24. The van der Waals surface area contributed by atoms with Crippen molar-refractivity contribution in [2.45, 2.75) is 38.3 Å².